The minimum Gasteiger partial charge on any atom is -0.310 e. The fourth-order valence-electron chi connectivity index (χ4n) is 9.21. The molecule has 60 heavy (non-hydrogen) atoms. The lowest BCUT2D eigenvalue weighted by Crippen LogP contribution is -2.14. The van der Waals surface area contributed by atoms with Gasteiger partial charge in [0.25, 0.3) is 0 Å². The van der Waals surface area contributed by atoms with Gasteiger partial charge in [0.1, 0.15) is 0 Å². The van der Waals surface area contributed by atoms with Crippen molar-refractivity contribution >= 4 is 66.4 Å². The van der Waals surface area contributed by atoms with Crippen molar-refractivity contribution in [3.63, 3.8) is 0 Å². The van der Waals surface area contributed by atoms with Gasteiger partial charge < -0.3 is 9.80 Å². The first-order valence-electron chi connectivity index (χ1n) is 22.1. The average Bonchev–Trinajstić information content (AvgIpc) is 3.20. The van der Waals surface area contributed by atoms with Crippen LogP contribution in [0.2, 0.25) is 0 Å². The maximum absolute atomic E-state index is 2.58. The van der Waals surface area contributed by atoms with Crippen molar-refractivity contribution in [2.45, 2.75) is 107 Å². The van der Waals surface area contributed by atoms with Crippen molar-refractivity contribution in [1.82, 2.24) is 0 Å². The van der Waals surface area contributed by atoms with Crippen molar-refractivity contribution in [3.8, 4) is 0 Å². The van der Waals surface area contributed by atoms with E-state index in [0.29, 0.717) is 23.7 Å². The Hall–Kier alpha value is -5.86. The molecule has 0 saturated carbocycles. The second kappa shape index (κ2) is 16.3. The van der Waals surface area contributed by atoms with Gasteiger partial charge >= 0.3 is 0 Å². The molecule has 2 nitrogen and oxygen atoms in total. The van der Waals surface area contributed by atoms with Crippen molar-refractivity contribution in [2.24, 2.45) is 0 Å². The highest BCUT2D eigenvalue weighted by atomic mass is 15.2. The largest absolute Gasteiger partial charge is 0.310 e. The normalized spacial score (nSPS) is 11.9. The SMILES string of the molecule is Cc1cc(C)cc(N(c2cc(C)cc(C)c2)c2cc3c4ccccc4c(N(c4cc(C(C)C)cc(C(C)C)c4)c4cc(C(C)C)cc(C(C)C)c4)cc3c3ccccc23)c1. The molecule has 0 N–H and O–H groups in total. The van der Waals surface area contributed by atoms with Crippen LogP contribution in [0.4, 0.5) is 34.1 Å². The molecule has 0 saturated heterocycles. The summed E-state index contributed by atoms with van der Waals surface area (Å²) in [4.78, 5) is 5.07. The molecule has 0 aromatic heterocycles. The third-order valence-electron chi connectivity index (χ3n) is 12.4. The van der Waals surface area contributed by atoms with Gasteiger partial charge in [-0.15, -0.1) is 0 Å². The van der Waals surface area contributed by atoms with Crippen LogP contribution >= 0.6 is 0 Å². The molecule has 8 rings (SSSR count). The Labute approximate surface area is 359 Å². The summed E-state index contributed by atoms with van der Waals surface area (Å²) in [5.41, 5.74) is 17.6. The zero-order valence-electron chi connectivity index (χ0n) is 37.9. The van der Waals surface area contributed by atoms with E-state index in [1.807, 2.05) is 0 Å². The molecule has 2 heteroatoms. The van der Waals surface area contributed by atoms with Crippen LogP contribution in [0.25, 0.3) is 32.3 Å². The van der Waals surface area contributed by atoms with E-state index in [0.717, 1.165) is 0 Å². The third-order valence-corrected chi connectivity index (χ3v) is 12.4. The summed E-state index contributed by atoms with van der Waals surface area (Å²) in [5.74, 6) is 1.58. The predicted molar refractivity (Wildman–Crippen MR) is 264 cm³/mol. The molecule has 0 amide bonds. The van der Waals surface area contributed by atoms with Crippen molar-refractivity contribution in [3.05, 3.63) is 178 Å². The van der Waals surface area contributed by atoms with E-state index in [-0.39, 0.29) is 0 Å². The molecule has 0 bridgehead atoms. The number of anilines is 6. The quantitative estimate of drug-likeness (QED) is 0.127. The molecule has 0 aliphatic carbocycles. The summed E-state index contributed by atoms with van der Waals surface area (Å²) in [6, 6.07) is 51.6. The third kappa shape index (κ3) is 7.81. The number of aryl methyl sites for hydroxylation is 4. The summed E-state index contributed by atoms with van der Waals surface area (Å²) in [5, 5.41) is 7.45. The number of hydrogen-bond acceptors (Lipinski definition) is 2. The van der Waals surface area contributed by atoms with Crippen LogP contribution in [-0.4, -0.2) is 0 Å². The minimum atomic E-state index is 0.394. The molecule has 304 valence electrons. The van der Waals surface area contributed by atoms with Crippen LogP contribution in [-0.2, 0) is 0 Å². The Morgan fingerprint density at radius 2 is 0.550 bits per heavy atom. The van der Waals surface area contributed by atoms with Crippen molar-refractivity contribution in [1.29, 1.82) is 0 Å². The number of fused-ring (bicyclic) bond motifs is 5. The predicted octanol–water partition coefficient (Wildman–Crippen LogP) is 17.8. The van der Waals surface area contributed by atoms with E-state index in [1.54, 1.807) is 0 Å². The van der Waals surface area contributed by atoms with Gasteiger partial charge in [0.05, 0.1) is 11.4 Å². The molecule has 0 aliphatic rings. The maximum Gasteiger partial charge on any atom is 0.0546 e. The zero-order chi connectivity index (χ0) is 42.6. The summed E-state index contributed by atoms with van der Waals surface area (Å²) in [7, 11) is 0. The molecule has 0 aliphatic heterocycles. The molecule has 0 fully saturated rings. The van der Waals surface area contributed by atoms with Gasteiger partial charge in [-0.05, 0) is 178 Å². The highest BCUT2D eigenvalue weighted by Crippen LogP contribution is 2.49. The van der Waals surface area contributed by atoms with Crippen LogP contribution in [0.15, 0.2) is 133 Å². The summed E-state index contributed by atoms with van der Waals surface area (Å²) in [6.45, 7) is 27.4. The number of nitrogens with zero attached hydrogens (tertiary/aromatic N) is 2. The second-order valence-electron chi connectivity index (χ2n) is 18.7. The molecule has 0 atom stereocenters. The number of hydrogen-bond donors (Lipinski definition) is 0. The van der Waals surface area contributed by atoms with Crippen LogP contribution in [0.3, 0.4) is 0 Å². The molecule has 0 heterocycles. The van der Waals surface area contributed by atoms with E-state index in [2.05, 4.69) is 226 Å². The fourth-order valence-corrected chi connectivity index (χ4v) is 9.21. The van der Waals surface area contributed by atoms with Gasteiger partial charge in [0.2, 0.25) is 0 Å². The van der Waals surface area contributed by atoms with Gasteiger partial charge in [-0.2, -0.15) is 0 Å². The molecule has 0 unspecified atom stereocenters. The van der Waals surface area contributed by atoms with E-state index >= 15 is 0 Å². The molecular weight excluding hydrogens is 725 g/mol. The number of benzene rings is 8. The Balaban J connectivity index is 1.51. The molecule has 0 radical (unpaired) electrons. The fraction of sp³-hybridized carbons (Fsp3) is 0.276. The summed E-state index contributed by atoms with van der Waals surface area (Å²) in [6.07, 6.45) is 0. The van der Waals surface area contributed by atoms with E-state index in [1.165, 1.54) is 111 Å². The van der Waals surface area contributed by atoms with Gasteiger partial charge in [-0.3, -0.25) is 0 Å². The Bertz CT molecular complexity index is 2680. The van der Waals surface area contributed by atoms with Crippen LogP contribution in [0.1, 0.15) is 124 Å². The standard InChI is InChI=1S/C58H62N2/c1-35(2)43-27-44(36(3)4)30-49(29-43)60(50-31-45(37(5)6)28-46(32-50)38(7)8)58-34-56-51-17-13-15-19-53(51)57(33-55(56)52-18-14-16-20-54(52)58)59(47-23-39(9)21-40(10)24-47)48-25-41(11)22-42(12)26-48/h13-38H,1-12H3. The molecule has 8 aromatic carbocycles. The molecule has 0 spiro atoms. The van der Waals surface area contributed by atoms with E-state index in [4.69, 9.17) is 0 Å². The first kappa shape index (κ1) is 40.9. The smallest absolute Gasteiger partial charge is 0.0546 e. The van der Waals surface area contributed by atoms with Crippen molar-refractivity contribution < 1.29 is 0 Å². The lowest BCUT2D eigenvalue weighted by atomic mass is 9.91. The topological polar surface area (TPSA) is 6.48 Å². The lowest BCUT2D eigenvalue weighted by Gasteiger charge is -2.32. The van der Waals surface area contributed by atoms with Crippen LogP contribution < -0.4 is 9.80 Å². The summed E-state index contributed by atoms with van der Waals surface area (Å²) < 4.78 is 0. The highest BCUT2D eigenvalue weighted by molar-refractivity contribution is 6.24. The first-order chi connectivity index (χ1) is 28.7. The maximum atomic E-state index is 2.58. The first-order valence-corrected chi connectivity index (χ1v) is 22.1. The van der Waals surface area contributed by atoms with Gasteiger partial charge in [0.15, 0.2) is 0 Å². The minimum absolute atomic E-state index is 0.394. The Morgan fingerprint density at radius 1 is 0.283 bits per heavy atom. The number of rotatable bonds is 10. The van der Waals surface area contributed by atoms with Crippen LogP contribution in [0, 0.1) is 27.7 Å². The van der Waals surface area contributed by atoms with Crippen molar-refractivity contribution in [2.75, 3.05) is 9.80 Å². The average molecular weight is 787 g/mol. The highest BCUT2D eigenvalue weighted by Gasteiger charge is 2.24. The van der Waals surface area contributed by atoms with Gasteiger partial charge in [0, 0.05) is 33.5 Å². The van der Waals surface area contributed by atoms with E-state index < -0.39 is 0 Å². The molecular formula is C58H62N2. The lowest BCUT2D eigenvalue weighted by molar-refractivity contribution is 0.830. The Kier molecular flexibility index (Phi) is 11.1. The van der Waals surface area contributed by atoms with Gasteiger partial charge in [-0.1, -0.05) is 128 Å². The van der Waals surface area contributed by atoms with Gasteiger partial charge in [-0.25, -0.2) is 0 Å². The van der Waals surface area contributed by atoms with Crippen LogP contribution in [0.5, 0.6) is 0 Å². The molecule has 8 aromatic rings. The monoisotopic (exact) mass is 786 g/mol. The Morgan fingerprint density at radius 3 is 0.833 bits per heavy atom. The zero-order valence-corrected chi connectivity index (χ0v) is 37.9. The second-order valence-corrected chi connectivity index (χ2v) is 18.7. The van der Waals surface area contributed by atoms with E-state index in [9.17, 15) is 0 Å². The summed E-state index contributed by atoms with van der Waals surface area (Å²) >= 11 is 0.